The molecule has 0 saturated carbocycles. The number of ether oxygens (including phenoxy) is 1. The highest BCUT2D eigenvalue weighted by atomic mass is 79.9. The van der Waals surface area contributed by atoms with E-state index in [9.17, 15) is 4.79 Å². The van der Waals surface area contributed by atoms with Gasteiger partial charge in [0.15, 0.2) is 0 Å². The predicted octanol–water partition coefficient (Wildman–Crippen LogP) is 5.73. The molecule has 6 heteroatoms. The lowest BCUT2D eigenvalue weighted by atomic mass is 10.1. The average Bonchev–Trinajstić information content (AvgIpc) is 2.73. The van der Waals surface area contributed by atoms with Gasteiger partial charge in [0.05, 0.1) is 23.2 Å². The maximum atomic E-state index is 13.2. The van der Waals surface area contributed by atoms with Gasteiger partial charge in [-0.2, -0.15) is 9.78 Å². The fraction of sp³-hybridized carbons (Fsp3) is 0.348. The fourth-order valence-corrected chi connectivity index (χ4v) is 3.25. The van der Waals surface area contributed by atoms with Crippen molar-refractivity contribution >= 4 is 33.0 Å². The van der Waals surface area contributed by atoms with Crippen LogP contribution in [0.5, 0.6) is 5.75 Å². The highest BCUT2D eigenvalue weighted by Crippen LogP contribution is 2.21. The van der Waals surface area contributed by atoms with Crippen molar-refractivity contribution in [3.05, 3.63) is 68.7 Å². The van der Waals surface area contributed by atoms with Crippen LogP contribution in [0.15, 0.2) is 56.8 Å². The Hall–Kier alpha value is -2.47. The van der Waals surface area contributed by atoms with E-state index in [0.717, 1.165) is 28.6 Å². The van der Waals surface area contributed by atoms with Crippen LogP contribution in [-0.2, 0) is 0 Å². The molecule has 0 aliphatic rings. The van der Waals surface area contributed by atoms with Crippen molar-refractivity contribution < 1.29 is 4.74 Å². The van der Waals surface area contributed by atoms with E-state index in [-0.39, 0.29) is 17.6 Å². The summed E-state index contributed by atoms with van der Waals surface area (Å²) in [7, 11) is 0. The Labute approximate surface area is 179 Å². The average molecular weight is 456 g/mol. The maximum Gasteiger partial charge on any atom is 0.282 e. The Balaban J connectivity index is 2.05. The molecule has 0 bridgehead atoms. The molecule has 0 aliphatic carbocycles. The number of hydrogen-bond acceptors (Lipinski definition) is 4. The molecule has 2 aromatic carbocycles. The van der Waals surface area contributed by atoms with Crippen molar-refractivity contribution in [3.63, 3.8) is 0 Å². The van der Waals surface area contributed by atoms with Gasteiger partial charge in [0.2, 0.25) is 0 Å². The Kier molecular flexibility index (Phi) is 6.85. The highest BCUT2D eigenvalue weighted by molar-refractivity contribution is 9.10. The number of hydrogen-bond donors (Lipinski definition) is 0. The minimum Gasteiger partial charge on any atom is -0.491 e. The van der Waals surface area contributed by atoms with Crippen molar-refractivity contribution in [2.24, 2.45) is 5.10 Å². The van der Waals surface area contributed by atoms with Crippen LogP contribution in [-0.4, -0.2) is 22.0 Å². The molecular formula is C23H26BrN3O2. The van der Waals surface area contributed by atoms with Crippen LogP contribution >= 0.6 is 15.9 Å². The number of halogens is 1. The standard InChI is InChI=1S/C23H26BrN3O2/c1-5-15(3)22-26-21-11-10-18(24)13-20(21)23(28)27(22)25-14-17-8-7-9-19(12-17)29-16(4)6-2/h7-16H,5-6H2,1-4H3/t15-,16-/m1/s1. The summed E-state index contributed by atoms with van der Waals surface area (Å²) >= 11 is 3.43. The van der Waals surface area contributed by atoms with Crippen LogP contribution in [0.3, 0.4) is 0 Å². The summed E-state index contributed by atoms with van der Waals surface area (Å²) in [6.45, 7) is 8.26. The van der Waals surface area contributed by atoms with E-state index < -0.39 is 0 Å². The lowest BCUT2D eigenvalue weighted by Crippen LogP contribution is -2.23. The molecule has 0 amide bonds. The van der Waals surface area contributed by atoms with E-state index in [2.05, 4.69) is 41.8 Å². The summed E-state index contributed by atoms with van der Waals surface area (Å²) in [4.78, 5) is 17.9. The minimum atomic E-state index is -0.171. The Morgan fingerprint density at radius 2 is 1.97 bits per heavy atom. The smallest absolute Gasteiger partial charge is 0.282 e. The molecule has 0 radical (unpaired) electrons. The van der Waals surface area contributed by atoms with Crippen LogP contribution in [0, 0.1) is 0 Å². The van der Waals surface area contributed by atoms with E-state index in [4.69, 9.17) is 9.72 Å². The number of fused-ring (bicyclic) bond motifs is 1. The fourth-order valence-electron chi connectivity index (χ4n) is 2.89. The first kappa shape index (κ1) is 21.2. The van der Waals surface area contributed by atoms with Gasteiger partial charge in [-0.25, -0.2) is 4.98 Å². The van der Waals surface area contributed by atoms with Crippen LogP contribution in [0.2, 0.25) is 0 Å². The molecule has 0 saturated heterocycles. The predicted molar refractivity (Wildman–Crippen MR) is 122 cm³/mol. The number of aromatic nitrogens is 2. The number of benzene rings is 2. The van der Waals surface area contributed by atoms with Gasteiger partial charge in [0.25, 0.3) is 5.56 Å². The van der Waals surface area contributed by atoms with Crippen LogP contribution < -0.4 is 10.3 Å². The SMILES string of the molecule is CC[C@@H](C)Oc1cccc(C=Nn2c([C@H](C)CC)nc3ccc(Br)cc3c2=O)c1. The molecule has 0 aliphatic heterocycles. The molecule has 3 rings (SSSR count). The van der Waals surface area contributed by atoms with Crippen molar-refractivity contribution in [2.75, 3.05) is 0 Å². The second-order valence-electron chi connectivity index (χ2n) is 7.21. The summed E-state index contributed by atoms with van der Waals surface area (Å²) < 4.78 is 8.14. The molecule has 1 aromatic heterocycles. The molecule has 1 heterocycles. The van der Waals surface area contributed by atoms with Crippen LogP contribution in [0.1, 0.15) is 57.8 Å². The van der Waals surface area contributed by atoms with Crippen LogP contribution in [0.4, 0.5) is 0 Å². The van der Waals surface area contributed by atoms with Crippen molar-refractivity contribution in [3.8, 4) is 5.75 Å². The van der Waals surface area contributed by atoms with Gasteiger partial charge in [-0.3, -0.25) is 4.79 Å². The van der Waals surface area contributed by atoms with Gasteiger partial charge in [-0.15, -0.1) is 0 Å². The summed E-state index contributed by atoms with van der Waals surface area (Å²) in [5.74, 6) is 1.56. The topological polar surface area (TPSA) is 56.5 Å². The zero-order valence-electron chi connectivity index (χ0n) is 17.2. The lowest BCUT2D eigenvalue weighted by molar-refractivity contribution is 0.217. The zero-order chi connectivity index (χ0) is 21.0. The molecule has 0 N–H and O–H groups in total. The number of nitrogens with zero attached hydrogens (tertiary/aromatic N) is 3. The summed E-state index contributed by atoms with van der Waals surface area (Å²) in [6, 6.07) is 13.3. The molecule has 2 atom stereocenters. The maximum absolute atomic E-state index is 13.2. The van der Waals surface area contributed by atoms with Gasteiger partial charge >= 0.3 is 0 Å². The van der Waals surface area contributed by atoms with Crippen molar-refractivity contribution in [1.82, 2.24) is 9.66 Å². The van der Waals surface area contributed by atoms with Gasteiger partial charge in [-0.05, 0) is 55.7 Å². The molecule has 3 aromatic rings. The van der Waals surface area contributed by atoms with Gasteiger partial charge < -0.3 is 4.74 Å². The Morgan fingerprint density at radius 1 is 1.17 bits per heavy atom. The third kappa shape index (κ3) is 4.93. The first-order chi connectivity index (χ1) is 13.9. The van der Waals surface area contributed by atoms with E-state index in [1.54, 1.807) is 12.3 Å². The molecular weight excluding hydrogens is 430 g/mol. The zero-order valence-corrected chi connectivity index (χ0v) is 18.8. The first-order valence-electron chi connectivity index (χ1n) is 9.96. The quantitative estimate of drug-likeness (QED) is 0.427. The van der Waals surface area contributed by atoms with Crippen LogP contribution in [0.25, 0.3) is 10.9 Å². The second kappa shape index (κ2) is 9.35. The van der Waals surface area contributed by atoms with Gasteiger partial charge in [0, 0.05) is 10.4 Å². The summed E-state index contributed by atoms with van der Waals surface area (Å²) in [6.07, 6.45) is 3.62. The molecule has 5 nitrogen and oxygen atoms in total. The monoisotopic (exact) mass is 455 g/mol. The molecule has 152 valence electrons. The largest absolute Gasteiger partial charge is 0.491 e. The number of rotatable bonds is 7. The third-order valence-corrected chi connectivity index (χ3v) is 5.47. The normalized spacial score (nSPS) is 13.7. The highest BCUT2D eigenvalue weighted by Gasteiger charge is 2.15. The first-order valence-corrected chi connectivity index (χ1v) is 10.8. The van der Waals surface area contributed by atoms with Crippen molar-refractivity contribution in [1.29, 1.82) is 0 Å². The minimum absolute atomic E-state index is 0.105. The van der Waals surface area contributed by atoms with E-state index in [1.807, 2.05) is 43.3 Å². The Bertz CT molecular complexity index is 1090. The molecule has 29 heavy (non-hydrogen) atoms. The molecule has 0 unspecified atom stereocenters. The molecule has 0 spiro atoms. The summed E-state index contributed by atoms with van der Waals surface area (Å²) in [5.41, 5.74) is 1.38. The second-order valence-corrected chi connectivity index (χ2v) is 8.13. The van der Waals surface area contributed by atoms with E-state index >= 15 is 0 Å². The van der Waals surface area contributed by atoms with E-state index in [1.165, 1.54) is 4.68 Å². The lowest BCUT2D eigenvalue weighted by Gasteiger charge is -2.14. The summed E-state index contributed by atoms with van der Waals surface area (Å²) in [5, 5.41) is 5.05. The van der Waals surface area contributed by atoms with E-state index in [0.29, 0.717) is 16.7 Å². The van der Waals surface area contributed by atoms with Crippen molar-refractivity contribution in [2.45, 2.75) is 52.6 Å². The molecule has 0 fully saturated rings. The van der Waals surface area contributed by atoms with Gasteiger partial charge in [0.1, 0.15) is 11.6 Å². The van der Waals surface area contributed by atoms with Gasteiger partial charge in [-0.1, -0.05) is 48.8 Å². The third-order valence-electron chi connectivity index (χ3n) is 4.98. The Morgan fingerprint density at radius 3 is 2.69 bits per heavy atom.